The van der Waals surface area contributed by atoms with E-state index in [9.17, 15) is 9.36 Å². The second-order valence-electron chi connectivity index (χ2n) is 4.82. The zero-order chi connectivity index (χ0) is 17.1. The van der Waals surface area contributed by atoms with Crippen molar-refractivity contribution in [3.8, 4) is 11.5 Å². The van der Waals surface area contributed by atoms with Crippen molar-refractivity contribution in [2.45, 2.75) is 26.2 Å². The van der Waals surface area contributed by atoms with Crippen LogP contribution in [0.3, 0.4) is 0 Å². The smallest absolute Gasteiger partial charge is 0.260 e. The molecule has 0 radical (unpaired) electrons. The van der Waals surface area contributed by atoms with Crippen molar-refractivity contribution in [2.75, 3.05) is 34.0 Å². The van der Waals surface area contributed by atoms with Gasteiger partial charge in [-0.2, -0.15) is 0 Å². The molecule has 0 saturated heterocycles. The molecular formula is C16H25O6P. The number of rotatable bonds is 12. The molecule has 0 fully saturated rings. The highest BCUT2D eigenvalue weighted by atomic mass is 31.1. The van der Waals surface area contributed by atoms with Gasteiger partial charge in [0.2, 0.25) is 0 Å². The van der Waals surface area contributed by atoms with Gasteiger partial charge in [-0.05, 0) is 18.6 Å². The van der Waals surface area contributed by atoms with E-state index in [0.717, 1.165) is 19.3 Å². The van der Waals surface area contributed by atoms with Crippen LogP contribution >= 0.6 is 8.03 Å². The van der Waals surface area contributed by atoms with Gasteiger partial charge >= 0.3 is 0 Å². The monoisotopic (exact) mass is 344 g/mol. The standard InChI is InChI=1S/C16H25O6P/c1-4-5-6-10-21-11-12-22-23(18)16(17)15-13(19-2)8-7-9-14(15)20-3/h7-9,23H,4-6,10-12H2,1-3H3. The van der Waals surface area contributed by atoms with Crippen LogP contribution in [0.2, 0.25) is 0 Å². The fourth-order valence-electron chi connectivity index (χ4n) is 1.99. The number of hydrogen-bond acceptors (Lipinski definition) is 6. The molecule has 0 aliphatic rings. The van der Waals surface area contributed by atoms with Gasteiger partial charge in [0.25, 0.3) is 13.6 Å². The Labute approximate surface area is 137 Å². The van der Waals surface area contributed by atoms with Gasteiger partial charge in [0, 0.05) is 6.61 Å². The predicted octanol–water partition coefficient (Wildman–Crippen LogP) is 3.54. The second-order valence-corrected chi connectivity index (χ2v) is 6.14. The molecule has 0 aromatic heterocycles. The fourth-order valence-corrected chi connectivity index (χ4v) is 2.84. The van der Waals surface area contributed by atoms with Crippen LogP contribution in [0, 0.1) is 0 Å². The van der Waals surface area contributed by atoms with Crippen LogP contribution in [0.5, 0.6) is 11.5 Å². The molecule has 130 valence electrons. The molecule has 7 heteroatoms. The lowest BCUT2D eigenvalue weighted by Gasteiger charge is -2.12. The predicted molar refractivity (Wildman–Crippen MR) is 89.2 cm³/mol. The summed E-state index contributed by atoms with van der Waals surface area (Å²) >= 11 is 0. The summed E-state index contributed by atoms with van der Waals surface area (Å²) in [4.78, 5) is 12.3. The molecule has 1 aromatic carbocycles. The molecule has 0 heterocycles. The maximum atomic E-state index is 12.3. The van der Waals surface area contributed by atoms with Gasteiger partial charge in [0.15, 0.2) is 0 Å². The molecule has 0 aliphatic carbocycles. The van der Waals surface area contributed by atoms with E-state index in [1.165, 1.54) is 14.2 Å². The number of unbranched alkanes of at least 4 members (excludes halogenated alkanes) is 2. The minimum atomic E-state index is -2.91. The van der Waals surface area contributed by atoms with E-state index in [1.54, 1.807) is 18.2 Å². The Kier molecular flexibility index (Phi) is 9.60. The van der Waals surface area contributed by atoms with Gasteiger partial charge in [0.1, 0.15) is 17.1 Å². The summed E-state index contributed by atoms with van der Waals surface area (Å²) in [6.07, 6.45) is 3.23. The van der Waals surface area contributed by atoms with Gasteiger partial charge in [-0.15, -0.1) is 0 Å². The highest BCUT2D eigenvalue weighted by molar-refractivity contribution is 7.60. The van der Waals surface area contributed by atoms with Crippen molar-refractivity contribution in [1.29, 1.82) is 0 Å². The van der Waals surface area contributed by atoms with E-state index in [-0.39, 0.29) is 12.2 Å². The minimum Gasteiger partial charge on any atom is -0.496 e. The minimum absolute atomic E-state index is 0.118. The van der Waals surface area contributed by atoms with Crippen LogP contribution in [0.1, 0.15) is 36.5 Å². The van der Waals surface area contributed by atoms with Crippen LogP contribution in [-0.4, -0.2) is 39.6 Å². The van der Waals surface area contributed by atoms with Gasteiger partial charge < -0.3 is 18.7 Å². The molecule has 1 atom stereocenters. The van der Waals surface area contributed by atoms with Crippen molar-refractivity contribution in [2.24, 2.45) is 0 Å². The fraction of sp³-hybridized carbons (Fsp3) is 0.562. The number of hydrogen-bond donors (Lipinski definition) is 0. The molecule has 0 amide bonds. The molecule has 6 nitrogen and oxygen atoms in total. The van der Waals surface area contributed by atoms with Crippen molar-refractivity contribution in [3.05, 3.63) is 23.8 Å². The molecule has 1 aromatic rings. The zero-order valence-corrected chi connectivity index (χ0v) is 14.9. The van der Waals surface area contributed by atoms with Gasteiger partial charge in [-0.25, -0.2) is 0 Å². The Morgan fingerprint density at radius 2 is 1.70 bits per heavy atom. The molecule has 1 unspecified atom stereocenters. The third-order valence-corrected chi connectivity index (χ3v) is 4.28. The molecule has 0 spiro atoms. The third kappa shape index (κ3) is 6.34. The molecule has 0 N–H and O–H groups in total. The normalized spacial score (nSPS) is 12.0. The lowest BCUT2D eigenvalue weighted by atomic mass is 10.2. The lowest BCUT2D eigenvalue weighted by Crippen LogP contribution is -2.06. The largest absolute Gasteiger partial charge is 0.496 e. The number of benzene rings is 1. The molecular weight excluding hydrogens is 319 g/mol. The summed E-state index contributed by atoms with van der Waals surface area (Å²) in [6, 6.07) is 4.92. The van der Waals surface area contributed by atoms with E-state index >= 15 is 0 Å². The highest BCUT2D eigenvalue weighted by Crippen LogP contribution is 2.37. The highest BCUT2D eigenvalue weighted by Gasteiger charge is 2.23. The first-order valence-electron chi connectivity index (χ1n) is 7.65. The van der Waals surface area contributed by atoms with Crippen molar-refractivity contribution in [1.82, 2.24) is 0 Å². The topological polar surface area (TPSA) is 71.1 Å². The Morgan fingerprint density at radius 1 is 1.04 bits per heavy atom. The number of ether oxygens (including phenoxy) is 3. The Hall–Kier alpha value is -1.36. The van der Waals surface area contributed by atoms with Gasteiger partial charge in [-0.3, -0.25) is 9.36 Å². The summed E-state index contributed by atoms with van der Waals surface area (Å²) in [5.41, 5.74) is -0.472. The van der Waals surface area contributed by atoms with Crippen molar-refractivity contribution >= 4 is 13.6 Å². The summed E-state index contributed by atoms with van der Waals surface area (Å²) in [5.74, 6) is 0.624. The van der Waals surface area contributed by atoms with Gasteiger partial charge in [-0.1, -0.05) is 25.8 Å². The maximum absolute atomic E-state index is 12.3. The van der Waals surface area contributed by atoms with Crippen molar-refractivity contribution in [3.63, 3.8) is 0 Å². The van der Waals surface area contributed by atoms with E-state index < -0.39 is 13.6 Å². The van der Waals surface area contributed by atoms with Crippen LogP contribution < -0.4 is 9.47 Å². The van der Waals surface area contributed by atoms with Crippen molar-refractivity contribution < 1.29 is 28.1 Å². The Bertz CT molecular complexity index is 495. The number of methoxy groups -OCH3 is 2. The first-order chi connectivity index (χ1) is 11.2. The van der Waals surface area contributed by atoms with Crippen LogP contribution in [0.4, 0.5) is 0 Å². The lowest BCUT2D eigenvalue weighted by molar-refractivity contribution is 0.0944. The van der Waals surface area contributed by atoms with Crippen LogP contribution in [0.15, 0.2) is 18.2 Å². The average Bonchev–Trinajstić information content (AvgIpc) is 2.59. The molecule has 0 aliphatic heterocycles. The van der Waals surface area contributed by atoms with E-state index in [0.29, 0.717) is 24.7 Å². The first kappa shape index (κ1) is 19.7. The van der Waals surface area contributed by atoms with E-state index in [1.807, 2.05) is 0 Å². The second kappa shape index (κ2) is 11.2. The van der Waals surface area contributed by atoms with E-state index in [2.05, 4.69) is 6.92 Å². The Balaban J connectivity index is 2.53. The number of carbonyl (C=O) groups excluding carboxylic acids is 1. The molecule has 23 heavy (non-hydrogen) atoms. The Morgan fingerprint density at radius 3 is 2.26 bits per heavy atom. The zero-order valence-electron chi connectivity index (χ0n) is 13.9. The van der Waals surface area contributed by atoms with Crippen LogP contribution in [-0.2, 0) is 13.8 Å². The average molecular weight is 344 g/mol. The van der Waals surface area contributed by atoms with E-state index in [4.69, 9.17) is 18.7 Å². The quantitative estimate of drug-likeness (QED) is 0.427. The van der Waals surface area contributed by atoms with Crippen LogP contribution in [0.25, 0.3) is 0 Å². The molecule has 1 rings (SSSR count). The summed E-state index contributed by atoms with van der Waals surface area (Å²) in [7, 11) is -0.0330. The third-order valence-electron chi connectivity index (χ3n) is 3.19. The molecule has 0 saturated carbocycles. The summed E-state index contributed by atoms with van der Waals surface area (Å²) in [6.45, 7) is 3.20. The number of carbonyl (C=O) groups is 1. The molecule has 0 bridgehead atoms. The maximum Gasteiger partial charge on any atom is 0.260 e. The summed E-state index contributed by atoms with van der Waals surface area (Å²) < 4.78 is 32.8. The SMILES string of the molecule is CCCCCOCCO[PH](=O)C(=O)c1c(OC)cccc1OC. The first-order valence-corrected chi connectivity index (χ1v) is 8.97. The van der Waals surface area contributed by atoms with Gasteiger partial charge in [0.05, 0.1) is 27.4 Å². The summed E-state index contributed by atoms with van der Waals surface area (Å²) in [5, 5.41) is 0.